The molecule has 0 amide bonds. The number of aliphatic carboxylic acids is 1. The van der Waals surface area contributed by atoms with E-state index in [9.17, 15) is 4.79 Å². The van der Waals surface area contributed by atoms with Crippen LogP contribution in [-0.4, -0.2) is 17.1 Å². The molecule has 0 aromatic heterocycles. The first kappa shape index (κ1) is 9.17. The Hall–Kier alpha value is -0.830. The molecule has 2 atom stereocenters. The Balaban J connectivity index is 4.00. The molecule has 0 rings (SSSR count). The lowest BCUT2D eigenvalue weighted by Gasteiger charge is -2.13. The molecule has 0 radical (unpaired) electrons. The van der Waals surface area contributed by atoms with Gasteiger partial charge in [-0.15, -0.1) is 6.58 Å². The molecule has 0 aliphatic carbocycles. The summed E-state index contributed by atoms with van der Waals surface area (Å²) in [6.07, 6.45) is 2.30. The summed E-state index contributed by atoms with van der Waals surface area (Å²) >= 11 is 0. The Morgan fingerprint density at radius 1 is 1.90 bits per heavy atom. The van der Waals surface area contributed by atoms with E-state index in [0.29, 0.717) is 0 Å². The third-order valence-electron chi connectivity index (χ3n) is 1.52. The lowest BCUT2D eigenvalue weighted by atomic mass is 9.98. The van der Waals surface area contributed by atoms with Gasteiger partial charge in [0.15, 0.2) is 0 Å². The number of carbonyl (C=O) groups is 1. The van der Waals surface area contributed by atoms with Gasteiger partial charge in [-0.1, -0.05) is 13.0 Å². The van der Waals surface area contributed by atoms with E-state index in [1.54, 1.807) is 6.08 Å². The second kappa shape index (κ2) is 4.06. The lowest BCUT2D eigenvalue weighted by Crippen LogP contribution is -2.36. The Labute approximate surface area is 60.5 Å². The minimum absolute atomic E-state index is 0.113. The van der Waals surface area contributed by atoms with Crippen LogP contribution >= 0.6 is 0 Å². The number of rotatable bonds is 4. The van der Waals surface area contributed by atoms with E-state index in [1.807, 2.05) is 6.92 Å². The van der Waals surface area contributed by atoms with Gasteiger partial charge in [0, 0.05) is 5.92 Å². The van der Waals surface area contributed by atoms with Crippen LogP contribution in [0.4, 0.5) is 0 Å². The van der Waals surface area contributed by atoms with Gasteiger partial charge in [0.1, 0.15) is 6.04 Å². The van der Waals surface area contributed by atoms with Gasteiger partial charge in [0.05, 0.1) is 0 Å². The number of carboxylic acid groups (broad SMARTS) is 1. The van der Waals surface area contributed by atoms with Crippen molar-refractivity contribution in [2.75, 3.05) is 0 Å². The van der Waals surface area contributed by atoms with Crippen molar-refractivity contribution in [3.8, 4) is 0 Å². The molecule has 0 fully saturated rings. The zero-order valence-corrected chi connectivity index (χ0v) is 6.08. The quantitative estimate of drug-likeness (QED) is 0.567. The van der Waals surface area contributed by atoms with Crippen LogP contribution in [0.25, 0.3) is 0 Å². The highest BCUT2D eigenvalue weighted by Gasteiger charge is 2.18. The van der Waals surface area contributed by atoms with E-state index in [4.69, 9.17) is 10.8 Å². The van der Waals surface area contributed by atoms with Crippen molar-refractivity contribution in [1.29, 1.82) is 0 Å². The molecular formula is C7H13NO2. The van der Waals surface area contributed by atoms with Gasteiger partial charge in [-0.25, -0.2) is 0 Å². The Kier molecular flexibility index (Phi) is 3.72. The molecule has 3 nitrogen and oxygen atoms in total. The van der Waals surface area contributed by atoms with Gasteiger partial charge >= 0.3 is 5.97 Å². The summed E-state index contributed by atoms with van der Waals surface area (Å²) in [5.74, 6) is -1.08. The molecule has 0 heterocycles. The largest absolute Gasteiger partial charge is 0.480 e. The van der Waals surface area contributed by atoms with Gasteiger partial charge < -0.3 is 10.8 Å². The molecule has 0 aromatic rings. The van der Waals surface area contributed by atoms with Crippen molar-refractivity contribution in [2.24, 2.45) is 11.7 Å². The molecule has 0 aliphatic heterocycles. The topological polar surface area (TPSA) is 63.3 Å². The fourth-order valence-electron chi connectivity index (χ4n) is 0.750. The van der Waals surface area contributed by atoms with Gasteiger partial charge in [0.25, 0.3) is 0 Å². The van der Waals surface area contributed by atoms with Crippen molar-refractivity contribution < 1.29 is 9.90 Å². The molecule has 2 unspecified atom stereocenters. The zero-order valence-electron chi connectivity index (χ0n) is 6.08. The maximum Gasteiger partial charge on any atom is 0.321 e. The highest BCUT2D eigenvalue weighted by atomic mass is 16.4. The molecular weight excluding hydrogens is 130 g/mol. The summed E-state index contributed by atoms with van der Waals surface area (Å²) in [6, 6.07) is -0.803. The predicted molar refractivity (Wildman–Crippen MR) is 39.6 cm³/mol. The molecule has 3 heteroatoms. The molecule has 0 saturated carbocycles. The summed E-state index contributed by atoms with van der Waals surface area (Å²) in [6.45, 7) is 5.38. The van der Waals surface area contributed by atoms with Crippen molar-refractivity contribution in [1.82, 2.24) is 0 Å². The molecule has 10 heavy (non-hydrogen) atoms. The molecule has 0 spiro atoms. The number of carboxylic acids is 1. The van der Waals surface area contributed by atoms with E-state index >= 15 is 0 Å². The van der Waals surface area contributed by atoms with Crippen LogP contribution in [0.5, 0.6) is 0 Å². The fourth-order valence-corrected chi connectivity index (χ4v) is 0.750. The molecule has 0 aliphatic rings. The summed E-state index contributed by atoms with van der Waals surface area (Å²) in [5, 5.41) is 8.44. The average molecular weight is 143 g/mol. The van der Waals surface area contributed by atoms with Gasteiger partial charge in [-0.3, -0.25) is 4.79 Å². The maximum absolute atomic E-state index is 10.3. The Morgan fingerprint density at radius 2 is 2.40 bits per heavy atom. The first-order chi connectivity index (χ1) is 4.63. The van der Waals surface area contributed by atoms with Gasteiger partial charge in [0.2, 0.25) is 0 Å². The van der Waals surface area contributed by atoms with E-state index < -0.39 is 12.0 Å². The zero-order chi connectivity index (χ0) is 8.15. The Bertz CT molecular complexity index is 134. The predicted octanol–water partition coefficient (Wildman–Crippen LogP) is 0.611. The molecule has 0 bridgehead atoms. The highest BCUT2D eigenvalue weighted by molar-refractivity contribution is 5.73. The average Bonchev–Trinajstić information content (AvgIpc) is 1.90. The maximum atomic E-state index is 10.3. The van der Waals surface area contributed by atoms with Crippen LogP contribution in [-0.2, 0) is 4.79 Å². The van der Waals surface area contributed by atoms with E-state index in [-0.39, 0.29) is 5.92 Å². The number of hydrogen-bond acceptors (Lipinski definition) is 2. The second-order valence-corrected chi connectivity index (χ2v) is 2.17. The van der Waals surface area contributed by atoms with Crippen molar-refractivity contribution in [2.45, 2.75) is 19.4 Å². The SMILES string of the molecule is C=CC(CC)C(N)C(=O)O. The van der Waals surface area contributed by atoms with E-state index in [1.165, 1.54) is 0 Å². The fraction of sp³-hybridized carbons (Fsp3) is 0.571. The first-order valence-electron chi connectivity index (χ1n) is 3.24. The Morgan fingerprint density at radius 3 is 2.50 bits per heavy atom. The van der Waals surface area contributed by atoms with Crippen molar-refractivity contribution in [3.63, 3.8) is 0 Å². The summed E-state index contributed by atoms with van der Waals surface area (Å²) < 4.78 is 0. The molecule has 3 N–H and O–H groups in total. The minimum atomic E-state index is -0.966. The summed E-state index contributed by atoms with van der Waals surface area (Å²) in [5.41, 5.74) is 5.31. The standard InChI is InChI=1S/C7H13NO2/c1-3-5(4-2)6(8)7(9)10/h3,5-6H,1,4,8H2,2H3,(H,9,10). The van der Waals surface area contributed by atoms with Crippen LogP contribution in [0.3, 0.4) is 0 Å². The van der Waals surface area contributed by atoms with Crippen molar-refractivity contribution in [3.05, 3.63) is 12.7 Å². The smallest absolute Gasteiger partial charge is 0.321 e. The summed E-state index contributed by atoms with van der Waals surface area (Å²) in [4.78, 5) is 10.3. The molecule has 58 valence electrons. The van der Waals surface area contributed by atoms with Gasteiger partial charge in [-0.05, 0) is 6.42 Å². The monoisotopic (exact) mass is 143 g/mol. The summed E-state index contributed by atoms with van der Waals surface area (Å²) in [7, 11) is 0. The van der Waals surface area contributed by atoms with Crippen LogP contribution in [0, 0.1) is 5.92 Å². The normalized spacial score (nSPS) is 15.8. The minimum Gasteiger partial charge on any atom is -0.480 e. The first-order valence-corrected chi connectivity index (χ1v) is 3.24. The number of nitrogens with two attached hydrogens (primary N) is 1. The van der Waals surface area contributed by atoms with Crippen LogP contribution in [0.1, 0.15) is 13.3 Å². The lowest BCUT2D eigenvalue weighted by molar-refractivity contribution is -0.139. The third-order valence-corrected chi connectivity index (χ3v) is 1.52. The van der Waals surface area contributed by atoms with E-state index in [2.05, 4.69) is 6.58 Å². The van der Waals surface area contributed by atoms with Crippen LogP contribution < -0.4 is 5.73 Å². The number of hydrogen-bond donors (Lipinski definition) is 2. The molecule has 0 saturated heterocycles. The van der Waals surface area contributed by atoms with E-state index in [0.717, 1.165) is 6.42 Å². The second-order valence-electron chi connectivity index (χ2n) is 2.17. The highest BCUT2D eigenvalue weighted by Crippen LogP contribution is 2.07. The molecule has 0 aromatic carbocycles. The van der Waals surface area contributed by atoms with Crippen LogP contribution in [0.15, 0.2) is 12.7 Å². The van der Waals surface area contributed by atoms with Crippen LogP contribution in [0.2, 0.25) is 0 Å². The van der Waals surface area contributed by atoms with Gasteiger partial charge in [-0.2, -0.15) is 0 Å². The third kappa shape index (κ3) is 2.19. The van der Waals surface area contributed by atoms with Crippen molar-refractivity contribution >= 4 is 5.97 Å².